The zero-order valence-corrected chi connectivity index (χ0v) is 20.2. The van der Waals surface area contributed by atoms with E-state index in [1.54, 1.807) is 0 Å². The summed E-state index contributed by atoms with van der Waals surface area (Å²) in [6, 6.07) is 2.48. The lowest BCUT2D eigenvalue weighted by Gasteiger charge is -2.26. The van der Waals surface area contributed by atoms with Crippen LogP contribution in [0.3, 0.4) is 0 Å². The molecule has 3 rings (SSSR count). The van der Waals surface area contributed by atoms with Gasteiger partial charge in [-0.15, -0.1) is 0 Å². The Bertz CT molecular complexity index is 1210. The van der Waals surface area contributed by atoms with Gasteiger partial charge in [0, 0.05) is 29.4 Å². The predicted molar refractivity (Wildman–Crippen MR) is 123 cm³/mol. The van der Waals surface area contributed by atoms with Crippen molar-refractivity contribution in [2.45, 2.75) is 77.6 Å². The Balaban J connectivity index is 2.24. The fourth-order valence-corrected chi connectivity index (χ4v) is 3.64. The van der Waals surface area contributed by atoms with Crippen LogP contribution in [-0.2, 0) is 25.1 Å². The SMILES string of the molecule is [3H]C([3H])([3H])n1cc(C(C)(C)C)c(=NC(=O)c2cc(C(F)(F)F)ccc2OCC(C)(C)O)n1CC1CCC1. The molecule has 0 radical (unpaired) electrons. The van der Waals surface area contributed by atoms with E-state index >= 15 is 0 Å². The van der Waals surface area contributed by atoms with E-state index < -0.39 is 41.2 Å². The molecule has 1 aromatic carbocycles. The lowest BCUT2D eigenvalue weighted by atomic mass is 9.85. The fraction of sp³-hybridized carbons (Fsp3) is 0.600. The largest absolute Gasteiger partial charge is 0.490 e. The number of hydrogen-bond donors (Lipinski definition) is 1. The molecule has 0 saturated heterocycles. The molecule has 1 aromatic heterocycles. The van der Waals surface area contributed by atoms with Gasteiger partial charge < -0.3 is 9.84 Å². The molecule has 34 heavy (non-hydrogen) atoms. The Hall–Kier alpha value is -2.55. The smallest absolute Gasteiger partial charge is 0.416 e. The van der Waals surface area contributed by atoms with E-state index in [0.29, 0.717) is 18.2 Å². The van der Waals surface area contributed by atoms with Crippen LogP contribution in [0.4, 0.5) is 13.2 Å². The lowest BCUT2D eigenvalue weighted by Crippen LogP contribution is -2.33. The average molecular weight is 488 g/mol. The molecule has 1 aliphatic carbocycles. The first-order valence-electron chi connectivity index (χ1n) is 12.8. The molecule has 188 valence electrons. The van der Waals surface area contributed by atoms with Crippen molar-refractivity contribution in [1.82, 2.24) is 9.36 Å². The van der Waals surface area contributed by atoms with Gasteiger partial charge in [0.05, 0.1) is 16.7 Å². The summed E-state index contributed by atoms with van der Waals surface area (Å²) >= 11 is 0. The van der Waals surface area contributed by atoms with Crippen LogP contribution < -0.4 is 10.2 Å². The average Bonchev–Trinajstić information content (AvgIpc) is 3.06. The maximum absolute atomic E-state index is 13.5. The number of hydrogen-bond acceptors (Lipinski definition) is 3. The monoisotopic (exact) mass is 487 g/mol. The van der Waals surface area contributed by atoms with E-state index in [0.717, 1.165) is 36.1 Å². The molecule has 1 amide bonds. The molecule has 1 heterocycles. The molecule has 1 N–H and O–H groups in total. The molecule has 0 unspecified atom stereocenters. The highest BCUT2D eigenvalue weighted by atomic mass is 19.4. The van der Waals surface area contributed by atoms with Gasteiger partial charge in [0.1, 0.15) is 12.4 Å². The zero-order chi connectivity index (χ0) is 28.0. The van der Waals surface area contributed by atoms with Crippen LogP contribution in [0.25, 0.3) is 0 Å². The molecule has 0 atom stereocenters. The number of amides is 1. The molecule has 6 nitrogen and oxygen atoms in total. The van der Waals surface area contributed by atoms with Gasteiger partial charge in [-0.1, -0.05) is 27.2 Å². The summed E-state index contributed by atoms with van der Waals surface area (Å²) in [6.07, 6.45) is -0.450. The van der Waals surface area contributed by atoms with Crippen LogP contribution >= 0.6 is 0 Å². The number of ether oxygens (including phenoxy) is 1. The first-order chi connectivity index (χ1) is 16.8. The fourth-order valence-electron chi connectivity index (χ4n) is 3.64. The van der Waals surface area contributed by atoms with Gasteiger partial charge in [-0.2, -0.15) is 18.2 Å². The zero-order valence-electron chi connectivity index (χ0n) is 23.2. The van der Waals surface area contributed by atoms with Gasteiger partial charge in [-0.05, 0) is 56.2 Å². The van der Waals surface area contributed by atoms with Crippen LogP contribution in [-0.4, -0.2) is 32.6 Å². The Morgan fingerprint density at radius 1 is 1.24 bits per heavy atom. The summed E-state index contributed by atoms with van der Waals surface area (Å²) in [5.74, 6) is -0.966. The van der Waals surface area contributed by atoms with E-state index in [-0.39, 0.29) is 23.8 Å². The minimum Gasteiger partial charge on any atom is -0.490 e. The third kappa shape index (κ3) is 6.11. The Labute approximate surface area is 202 Å². The standard InChI is InChI=1S/C25H34F3N3O3/c1-23(2,3)19-14-30(6)31(13-16-8-7-9-16)21(19)29-22(32)18-12-17(25(26,27)28)10-11-20(18)34-15-24(4,5)33/h10-12,14,16,33H,7-9,13,15H2,1-6H3/i6T3. The van der Waals surface area contributed by atoms with Gasteiger partial charge in [0.15, 0.2) is 5.49 Å². The number of aryl methyl sites for hydroxylation is 1. The molecule has 0 bridgehead atoms. The molecule has 2 aromatic rings. The van der Waals surface area contributed by atoms with E-state index in [1.807, 2.05) is 20.8 Å². The Morgan fingerprint density at radius 3 is 2.41 bits per heavy atom. The van der Waals surface area contributed by atoms with Gasteiger partial charge in [0.2, 0.25) is 0 Å². The number of rotatable bonds is 6. The number of alkyl halides is 3. The highest BCUT2D eigenvalue weighted by Crippen LogP contribution is 2.33. The topological polar surface area (TPSA) is 68.8 Å². The van der Waals surface area contributed by atoms with Crippen molar-refractivity contribution in [1.29, 1.82) is 0 Å². The third-order valence-electron chi connectivity index (χ3n) is 5.79. The quantitative estimate of drug-likeness (QED) is 0.634. The van der Waals surface area contributed by atoms with Crippen molar-refractivity contribution in [3.8, 4) is 5.75 Å². The summed E-state index contributed by atoms with van der Waals surface area (Å²) in [5.41, 5.74) is -2.85. The summed E-state index contributed by atoms with van der Waals surface area (Å²) in [6.45, 7) is 5.91. The summed E-state index contributed by atoms with van der Waals surface area (Å²) in [4.78, 5) is 17.7. The second-order valence-electron chi connectivity index (χ2n) is 10.6. The van der Waals surface area contributed by atoms with Crippen LogP contribution in [0, 0.1) is 5.92 Å². The molecule has 0 aliphatic heterocycles. The normalized spacial score (nSPS) is 17.7. The van der Waals surface area contributed by atoms with Crippen molar-refractivity contribution < 1.29 is 31.9 Å². The van der Waals surface area contributed by atoms with Crippen molar-refractivity contribution in [2.75, 3.05) is 6.61 Å². The van der Waals surface area contributed by atoms with Crippen molar-refractivity contribution in [2.24, 2.45) is 17.9 Å². The van der Waals surface area contributed by atoms with Crippen LogP contribution in [0.15, 0.2) is 29.4 Å². The minimum absolute atomic E-state index is 0.0892. The van der Waals surface area contributed by atoms with E-state index in [1.165, 1.54) is 24.7 Å². The first-order valence-corrected chi connectivity index (χ1v) is 11.3. The maximum atomic E-state index is 13.5. The predicted octanol–water partition coefficient (Wildman–Crippen LogP) is 4.83. The Kier molecular flexibility index (Phi) is 5.97. The second kappa shape index (κ2) is 9.24. The number of aromatic nitrogens is 2. The number of carbonyl (C=O) groups excluding carboxylic acids is 1. The van der Waals surface area contributed by atoms with Gasteiger partial charge >= 0.3 is 6.18 Å². The molecule has 1 saturated carbocycles. The van der Waals surface area contributed by atoms with Gasteiger partial charge in [-0.3, -0.25) is 14.2 Å². The number of benzene rings is 1. The second-order valence-corrected chi connectivity index (χ2v) is 10.6. The third-order valence-corrected chi connectivity index (χ3v) is 5.79. The van der Waals surface area contributed by atoms with Crippen LogP contribution in [0.1, 0.15) is 79.5 Å². The Morgan fingerprint density at radius 2 is 1.91 bits per heavy atom. The minimum atomic E-state index is -4.71. The van der Waals surface area contributed by atoms with E-state index in [4.69, 9.17) is 8.85 Å². The molecule has 0 spiro atoms. The van der Waals surface area contributed by atoms with E-state index in [2.05, 4.69) is 4.99 Å². The molecular formula is C25H34F3N3O3. The number of halogens is 3. The molecular weight excluding hydrogens is 447 g/mol. The van der Waals surface area contributed by atoms with Crippen LogP contribution in [0.5, 0.6) is 5.75 Å². The van der Waals surface area contributed by atoms with Gasteiger partial charge in [-0.25, -0.2) is 0 Å². The summed E-state index contributed by atoms with van der Waals surface area (Å²) in [5, 5.41) is 10.0. The van der Waals surface area contributed by atoms with Gasteiger partial charge in [0.25, 0.3) is 5.91 Å². The maximum Gasteiger partial charge on any atom is 0.416 e. The van der Waals surface area contributed by atoms with Crippen molar-refractivity contribution in [3.63, 3.8) is 0 Å². The number of nitrogens with zero attached hydrogens (tertiary/aromatic N) is 3. The van der Waals surface area contributed by atoms with E-state index in [9.17, 15) is 23.1 Å². The highest BCUT2D eigenvalue weighted by Gasteiger charge is 2.33. The van der Waals surface area contributed by atoms with Crippen molar-refractivity contribution in [3.05, 3.63) is 46.6 Å². The molecule has 1 aliphatic rings. The number of aliphatic hydroxyl groups is 1. The summed E-state index contributed by atoms with van der Waals surface area (Å²) in [7, 11) is 0. The number of carbonyl (C=O) groups is 1. The summed E-state index contributed by atoms with van der Waals surface area (Å²) < 4.78 is 72.5. The van der Waals surface area contributed by atoms with Crippen molar-refractivity contribution >= 4 is 5.91 Å². The highest BCUT2D eigenvalue weighted by molar-refractivity contribution is 5.97. The van der Waals surface area contributed by atoms with Crippen LogP contribution in [0.2, 0.25) is 0 Å². The molecule has 9 heteroatoms. The first kappa shape index (κ1) is 21.9. The molecule has 1 fully saturated rings. The lowest BCUT2D eigenvalue weighted by molar-refractivity contribution is -0.137.